The van der Waals surface area contributed by atoms with Crippen LogP contribution in [-0.4, -0.2) is 21.8 Å². The summed E-state index contributed by atoms with van der Waals surface area (Å²) in [6.07, 6.45) is 3.91. The number of nitrogens with two attached hydrogens (primary N) is 1. The lowest BCUT2D eigenvalue weighted by molar-refractivity contribution is 0.0997. The Kier molecular flexibility index (Phi) is 5.17. The van der Waals surface area contributed by atoms with Gasteiger partial charge in [0.2, 0.25) is 0 Å². The number of aryl methyl sites for hydroxylation is 1. The van der Waals surface area contributed by atoms with E-state index in [2.05, 4.69) is 22.2 Å². The highest BCUT2D eigenvalue weighted by molar-refractivity contribution is 6.07. The maximum atomic E-state index is 12.4. The summed E-state index contributed by atoms with van der Waals surface area (Å²) in [6.45, 7) is 2.10. The number of imidazole rings is 1. The van der Waals surface area contributed by atoms with Crippen molar-refractivity contribution in [3.63, 3.8) is 0 Å². The lowest BCUT2D eigenvalue weighted by atomic mass is 10.1. The third-order valence-electron chi connectivity index (χ3n) is 3.91. The van der Waals surface area contributed by atoms with E-state index in [4.69, 9.17) is 10.2 Å². The van der Waals surface area contributed by atoms with E-state index in [1.54, 1.807) is 30.5 Å². The normalized spacial score (nSPS) is 10.7. The summed E-state index contributed by atoms with van der Waals surface area (Å²) in [5, 5.41) is 2.65. The molecule has 7 heteroatoms. The number of carbonyl (C=O) groups excluding carboxylic acids is 2. The van der Waals surface area contributed by atoms with Crippen LogP contribution >= 0.6 is 0 Å². The van der Waals surface area contributed by atoms with Gasteiger partial charge in [-0.15, -0.1) is 0 Å². The largest absolute Gasteiger partial charge is 0.469 e. The topological polar surface area (TPSA) is 114 Å². The lowest BCUT2D eigenvalue weighted by Gasteiger charge is -2.05. The molecule has 2 aromatic heterocycles. The number of anilines is 1. The molecule has 0 atom stereocenters. The Morgan fingerprint density at radius 1 is 1.23 bits per heavy atom. The number of carbonyl (C=O) groups is 2. The highest BCUT2D eigenvalue weighted by Gasteiger charge is 2.18. The van der Waals surface area contributed by atoms with Gasteiger partial charge < -0.3 is 20.5 Å². The molecule has 0 bridgehead atoms. The van der Waals surface area contributed by atoms with Gasteiger partial charge in [-0.3, -0.25) is 9.59 Å². The van der Waals surface area contributed by atoms with Gasteiger partial charge in [-0.2, -0.15) is 0 Å². The SMILES string of the molecule is CCCc1ccc(C(=O)Nc2nc(Cc3ccco3)[nH]c2C(N)=O)cc1. The third kappa shape index (κ3) is 4.00. The van der Waals surface area contributed by atoms with E-state index < -0.39 is 5.91 Å². The number of rotatable bonds is 7. The van der Waals surface area contributed by atoms with Crippen LogP contribution in [0.5, 0.6) is 0 Å². The standard InChI is InChI=1S/C19H20N4O3/c1-2-4-12-6-8-13(9-7-12)19(25)23-18-16(17(20)24)21-15(22-18)11-14-5-3-10-26-14/h3,5-10H,2,4,11H2,1H3,(H2,20,24)(H,21,22)(H,23,25). The van der Waals surface area contributed by atoms with Crippen LogP contribution in [0.2, 0.25) is 0 Å². The van der Waals surface area contributed by atoms with Crippen LogP contribution in [0.3, 0.4) is 0 Å². The van der Waals surface area contributed by atoms with Gasteiger partial charge in [-0.25, -0.2) is 4.98 Å². The number of aromatic amines is 1. The number of benzene rings is 1. The summed E-state index contributed by atoms with van der Waals surface area (Å²) in [4.78, 5) is 31.2. The average Bonchev–Trinajstić information content (AvgIpc) is 3.26. The van der Waals surface area contributed by atoms with Crippen LogP contribution in [-0.2, 0) is 12.8 Å². The second kappa shape index (κ2) is 7.69. The highest BCUT2D eigenvalue weighted by atomic mass is 16.3. The molecule has 0 fully saturated rings. The first-order chi connectivity index (χ1) is 12.6. The Morgan fingerprint density at radius 3 is 2.62 bits per heavy atom. The van der Waals surface area contributed by atoms with Crippen molar-refractivity contribution < 1.29 is 14.0 Å². The van der Waals surface area contributed by atoms with E-state index >= 15 is 0 Å². The van der Waals surface area contributed by atoms with Crippen molar-refractivity contribution >= 4 is 17.6 Å². The molecule has 0 spiro atoms. The molecule has 1 aromatic carbocycles. The summed E-state index contributed by atoms with van der Waals surface area (Å²) in [5.74, 6) is 0.214. The number of furan rings is 1. The maximum absolute atomic E-state index is 12.4. The first-order valence-electron chi connectivity index (χ1n) is 8.38. The first-order valence-corrected chi connectivity index (χ1v) is 8.38. The summed E-state index contributed by atoms with van der Waals surface area (Å²) in [6, 6.07) is 10.9. The lowest BCUT2D eigenvalue weighted by Crippen LogP contribution is -2.18. The number of primary amides is 1. The van der Waals surface area contributed by atoms with Crippen molar-refractivity contribution in [2.75, 3.05) is 5.32 Å². The molecule has 7 nitrogen and oxygen atoms in total. The zero-order valence-corrected chi connectivity index (χ0v) is 14.4. The maximum Gasteiger partial charge on any atom is 0.269 e. The number of nitrogens with zero attached hydrogens (tertiary/aromatic N) is 1. The Hall–Kier alpha value is -3.35. The fourth-order valence-corrected chi connectivity index (χ4v) is 2.64. The van der Waals surface area contributed by atoms with Gasteiger partial charge in [0, 0.05) is 5.56 Å². The van der Waals surface area contributed by atoms with E-state index in [-0.39, 0.29) is 17.4 Å². The average molecular weight is 352 g/mol. The van der Waals surface area contributed by atoms with Crippen LogP contribution < -0.4 is 11.1 Å². The van der Waals surface area contributed by atoms with Crippen molar-refractivity contribution in [3.05, 3.63) is 71.1 Å². The second-order valence-corrected chi connectivity index (χ2v) is 5.93. The van der Waals surface area contributed by atoms with Crippen molar-refractivity contribution in [2.24, 2.45) is 5.73 Å². The minimum atomic E-state index is -0.697. The zero-order valence-electron chi connectivity index (χ0n) is 14.4. The van der Waals surface area contributed by atoms with Crippen molar-refractivity contribution in [3.8, 4) is 0 Å². The molecule has 0 aliphatic carbocycles. The molecule has 2 heterocycles. The van der Waals surface area contributed by atoms with E-state index in [9.17, 15) is 9.59 Å². The molecule has 26 heavy (non-hydrogen) atoms. The number of hydrogen-bond acceptors (Lipinski definition) is 4. The van der Waals surface area contributed by atoms with Gasteiger partial charge in [-0.1, -0.05) is 25.5 Å². The summed E-state index contributed by atoms with van der Waals surface area (Å²) in [5.41, 5.74) is 7.09. The van der Waals surface area contributed by atoms with Crippen LogP contribution in [0.4, 0.5) is 5.82 Å². The van der Waals surface area contributed by atoms with Crippen molar-refractivity contribution in [1.82, 2.24) is 9.97 Å². The van der Waals surface area contributed by atoms with Crippen LogP contribution in [0.25, 0.3) is 0 Å². The van der Waals surface area contributed by atoms with E-state index in [1.165, 1.54) is 5.56 Å². The molecule has 0 aliphatic rings. The molecule has 0 aliphatic heterocycles. The highest BCUT2D eigenvalue weighted by Crippen LogP contribution is 2.17. The molecule has 3 rings (SSSR count). The molecule has 4 N–H and O–H groups in total. The second-order valence-electron chi connectivity index (χ2n) is 5.93. The molecule has 2 amide bonds. The number of amides is 2. The van der Waals surface area contributed by atoms with E-state index in [1.807, 2.05) is 12.1 Å². The van der Waals surface area contributed by atoms with Gasteiger partial charge in [-0.05, 0) is 36.2 Å². The Balaban J connectivity index is 1.78. The molecule has 3 aromatic rings. The van der Waals surface area contributed by atoms with Gasteiger partial charge in [0.25, 0.3) is 11.8 Å². The van der Waals surface area contributed by atoms with Crippen LogP contribution in [0.1, 0.15) is 51.3 Å². The fraction of sp³-hybridized carbons (Fsp3) is 0.211. The monoisotopic (exact) mass is 352 g/mol. The molecule has 0 saturated carbocycles. The van der Waals surface area contributed by atoms with Crippen molar-refractivity contribution in [2.45, 2.75) is 26.2 Å². The number of hydrogen-bond donors (Lipinski definition) is 3. The van der Waals surface area contributed by atoms with E-state index in [0.717, 1.165) is 12.8 Å². The molecule has 134 valence electrons. The molecule has 0 radical (unpaired) electrons. The van der Waals surface area contributed by atoms with Gasteiger partial charge in [0.1, 0.15) is 17.3 Å². The van der Waals surface area contributed by atoms with Crippen LogP contribution in [0.15, 0.2) is 47.1 Å². The van der Waals surface area contributed by atoms with Gasteiger partial charge in [0.15, 0.2) is 5.82 Å². The molecule has 0 saturated heterocycles. The predicted molar refractivity (Wildman–Crippen MR) is 97.0 cm³/mol. The quantitative estimate of drug-likeness (QED) is 0.606. The van der Waals surface area contributed by atoms with E-state index in [0.29, 0.717) is 23.6 Å². The third-order valence-corrected chi connectivity index (χ3v) is 3.91. The minimum Gasteiger partial charge on any atom is -0.469 e. The zero-order chi connectivity index (χ0) is 18.5. The number of aromatic nitrogens is 2. The minimum absolute atomic E-state index is 0.0579. The molecule has 0 unspecified atom stereocenters. The van der Waals surface area contributed by atoms with Gasteiger partial charge in [0.05, 0.1) is 12.7 Å². The number of nitrogens with one attached hydrogen (secondary N) is 2. The number of H-pyrrole nitrogens is 1. The predicted octanol–water partition coefficient (Wildman–Crippen LogP) is 2.90. The fourth-order valence-electron chi connectivity index (χ4n) is 2.64. The Labute approximate surface area is 150 Å². The van der Waals surface area contributed by atoms with Crippen molar-refractivity contribution in [1.29, 1.82) is 0 Å². The summed E-state index contributed by atoms with van der Waals surface area (Å²) in [7, 11) is 0. The Morgan fingerprint density at radius 2 is 2.00 bits per heavy atom. The van der Waals surface area contributed by atoms with Gasteiger partial charge >= 0.3 is 0 Å². The molecular formula is C19H20N4O3. The first kappa shape index (κ1) is 17.5. The summed E-state index contributed by atoms with van der Waals surface area (Å²) >= 11 is 0. The summed E-state index contributed by atoms with van der Waals surface area (Å²) < 4.78 is 5.26. The van der Waals surface area contributed by atoms with Crippen LogP contribution in [0, 0.1) is 0 Å². The smallest absolute Gasteiger partial charge is 0.269 e. The molecular weight excluding hydrogens is 332 g/mol. The Bertz CT molecular complexity index is 896.